The number of nitrogens with two attached hydrogens (primary N) is 1. The largest absolute Gasteiger partial charge is 0.497 e. The van der Waals surface area contributed by atoms with Gasteiger partial charge in [0.2, 0.25) is 12.2 Å². The zero-order chi connectivity index (χ0) is 31.9. The molecule has 44 heavy (non-hydrogen) atoms. The predicted octanol–water partition coefficient (Wildman–Crippen LogP) is 3.65. The summed E-state index contributed by atoms with van der Waals surface area (Å²) in [6.07, 6.45) is -8.79. The maximum atomic E-state index is 15.5. The number of methoxy groups -OCH3 is 2. The van der Waals surface area contributed by atoms with Crippen LogP contribution in [0.15, 0.2) is 59.7 Å². The number of aromatic amines is 1. The van der Waals surface area contributed by atoms with Crippen molar-refractivity contribution < 1.29 is 50.5 Å². The van der Waals surface area contributed by atoms with Crippen LogP contribution in [0.1, 0.15) is 6.23 Å². The molecule has 5 rings (SSSR count). The number of ether oxygens (including phenoxy) is 3. The van der Waals surface area contributed by atoms with Crippen LogP contribution in [-0.4, -0.2) is 69.5 Å². The molecule has 4 N–H and O–H groups in total. The van der Waals surface area contributed by atoms with Crippen molar-refractivity contribution in [1.82, 2.24) is 19.5 Å². The van der Waals surface area contributed by atoms with E-state index >= 15 is 8.78 Å². The van der Waals surface area contributed by atoms with Gasteiger partial charge in [-0.05, 0) is 48.5 Å². The van der Waals surface area contributed by atoms with Crippen molar-refractivity contribution in [3.8, 4) is 23.0 Å². The van der Waals surface area contributed by atoms with Crippen LogP contribution in [-0.2, 0) is 21.1 Å². The van der Waals surface area contributed by atoms with E-state index in [2.05, 4.69) is 15.0 Å². The Morgan fingerprint density at radius 2 is 1.59 bits per heavy atom. The summed E-state index contributed by atoms with van der Waals surface area (Å²) in [6, 6.07) is 11.8. The molecule has 1 aliphatic rings. The Morgan fingerprint density at radius 1 is 1.07 bits per heavy atom. The van der Waals surface area contributed by atoms with Gasteiger partial charge in [-0.25, -0.2) is 13.8 Å². The summed E-state index contributed by atoms with van der Waals surface area (Å²) in [5.41, 5.74) is 0.372. The molecular formula is C25H24F4N5O8PS. The van der Waals surface area contributed by atoms with E-state index in [1.165, 1.54) is 62.8 Å². The number of nitrogen functional groups attached to an aromatic ring is 1. The van der Waals surface area contributed by atoms with E-state index in [-0.39, 0.29) is 11.5 Å². The SMILES string of the molecule is COc1ccc(OP(=S)(OC[C@@]2(C(F)F)O[C@@H](n3cnc4c(=O)[nH]c(N)nc43)C(F)(F)C2O)Oc2ccc(OC)cc2)cc1. The normalized spacial score (nSPS) is 21.5. The predicted molar refractivity (Wildman–Crippen MR) is 150 cm³/mol. The number of nitrogens with zero attached hydrogens (tertiary/aromatic N) is 3. The van der Waals surface area contributed by atoms with Crippen LogP contribution < -0.4 is 29.8 Å². The Kier molecular flexibility index (Phi) is 8.48. The van der Waals surface area contributed by atoms with Crippen LogP contribution >= 0.6 is 6.72 Å². The third-order valence-corrected chi connectivity index (χ3v) is 8.64. The Morgan fingerprint density at radius 3 is 2.09 bits per heavy atom. The van der Waals surface area contributed by atoms with E-state index in [1.54, 1.807) is 0 Å². The summed E-state index contributed by atoms with van der Waals surface area (Å²) >= 11 is 5.49. The highest BCUT2D eigenvalue weighted by Gasteiger charge is 2.71. The minimum atomic E-state index is -4.39. The number of rotatable bonds is 11. The molecule has 13 nitrogen and oxygen atoms in total. The average Bonchev–Trinajstić information content (AvgIpc) is 3.49. The first-order chi connectivity index (χ1) is 20.8. The molecule has 0 spiro atoms. The highest BCUT2D eigenvalue weighted by atomic mass is 32.5. The van der Waals surface area contributed by atoms with Crippen molar-refractivity contribution in [3.05, 3.63) is 65.2 Å². The Balaban J connectivity index is 1.49. The van der Waals surface area contributed by atoms with Gasteiger partial charge in [0.25, 0.3) is 12.0 Å². The van der Waals surface area contributed by atoms with Gasteiger partial charge in [-0.15, -0.1) is 0 Å². The first-order valence-electron chi connectivity index (χ1n) is 12.5. The van der Waals surface area contributed by atoms with E-state index in [9.17, 15) is 18.7 Å². The lowest BCUT2D eigenvalue weighted by atomic mass is 9.96. The number of benzene rings is 2. The maximum absolute atomic E-state index is 15.5. The fourth-order valence-electron chi connectivity index (χ4n) is 4.30. The standard InChI is InChI=1S/C25H24F4N5O8PS/c1-37-13-3-7-15(8-4-13)41-43(44,42-16-9-5-14(38-2)6-10-16)39-11-24(21(26)27)20(36)25(28,29)22(40-24)34-12-31-17-18(34)32-23(30)33-19(17)35/h3-10,12,20-22,36H,11H2,1-2H3,(H3,30,32,33,35)/t20?,22-,24-/m1/s1. The average molecular weight is 662 g/mol. The molecule has 1 unspecified atom stereocenters. The molecule has 2 aromatic carbocycles. The number of hydrogen-bond acceptors (Lipinski definition) is 12. The summed E-state index contributed by atoms with van der Waals surface area (Å²) in [5.74, 6) is -3.78. The maximum Gasteiger partial charge on any atom is 0.435 e. The topological polar surface area (TPSA) is 165 Å². The second-order valence-electron chi connectivity index (χ2n) is 9.33. The summed E-state index contributed by atoms with van der Waals surface area (Å²) < 4.78 is 93.5. The number of alkyl halides is 4. The molecule has 3 heterocycles. The van der Waals surface area contributed by atoms with E-state index < -0.39 is 66.3 Å². The van der Waals surface area contributed by atoms with E-state index in [0.717, 1.165) is 6.33 Å². The van der Waals surface area contributed by atoms with Crippen molar-refractivity contribution in [2.24, 2.45) is 0 Å². The first kappa shape index (κ1) is 31.5. The van der Waals surface area contributed by atoms with Gasteiger partial charge in [0.1, 0.15) is 23.0 Å². The minimum Gasteiger partial charge on any atom is -0.497 e. The van der Waals surface area contributed by atoms with E-state index in [4.69, 9.17) is 45.3 Å². The fourth-order valence-corrected chi connectivity index (χ4v) is 6.23. The second kappa shape index (κ2) is 11.9. The van der Waals surface area contributed by atoms with Crippen molar-refractivity contribution in [2.75, 3.05) is 26.6 Å². The molecule has 0 radical (unpaired) electrons. The molecular weight excluding hydrogens is 637 g/mol. The van der Waals surface area contributed by atoms with Crippen LogP contribution in [0.3, 0.4) is 0 Å². The van der Waals surface area contributed by atoms with Crippen molar-refractivity contribution in [2.45, 2.75) is 30.3 Å². The summed E-state index contributed by atoms with van der Waals surface area (Å²) in [4.78, 5) is 21.8. The van der Waals surface area contributed by atoms with Gasteiger partial charge < -0.3 is 34.1 Å². The Hall–Kier alpha value is -3.96. The van der Waals surface area contributed by atoms with Crippen LogP contribution in [0, 0.1) is 0 Å². The van der Waals surface area contributed by atoms with Gasteiger partial charge in [0.15, 0.2) is 22.9 Å². The number of halogens is 4. The molecule has 0 bridgehead atoms. The molecule has 0 amide bonds. The lowest BCUT2D eigenvalue weighted by Gasteiger charge is -2.32. The fraction of sp³-hybridized carbons (Fsp3) is 0.320. The number of aliphatic hydroxyl groups is 1. The third-order valence-electron chi connectivity index (χ3n) is 6.56. The van der Waals surface area contributed by atoms with Crippen molar-refractivity contribution in [1.29, 1.82) is 0 Å². The van der Waals surface area contributed by atoms with Gasteiger partial charge in [-0.2, -0.15) is 13.8 Å². The van der Waals surface area contributed by atoms with Crippen LogP contribution in [0.4, 0.5) is 23.5 Å². The van der Waals surface area contributed by atoms with Crippen molar-refractivity contribution >= 4 is 35.6 Å². The number of aromatic nitrogens is 4. The second-order valence-corrected chi connectivity index (χ2v) is 12.2. The molecule has 236 valence electrons. The number of hydrogen-bond donors (Lipinski definition) is 3. The third kappa shape index (κ3) is 5.78. The number of anilines is 1. The number of fused-ring (bicyclic) bond motifs is 1. The molecule has 0 aliphatic carbocycles. The summed E-state index contributed by atoms with van der Waals surface area (Å²) in [5, 5.41) is 10.7. The van der Waals surface area contributed by atoms with E-state index in [0.29, 0.717) is 16.1 Å². The minimum absolute atomic E-state index is 0.0728. The molecule has 0 saturated carbocycles. The lowest BCUT2D eigenvalue weighted by Crippen LogP contribution is -2.54. The smallest absolute Gasteiger partial charge is 0.435 e. The van der Waals surface area contributed by atoms with Crippen LogP contribution in [0.2, 0.25) is 0 Å². The van der Waals surface area contributed by atoms with E-state index in [1.807, 2.05) is 0 Å². The highest BCUT2D eigenvalue weighted by molar-refractivity contribution is 8.07. The van der Waals surface area contributed by atoms with Crippen LogP contribution in [0.25, 0.3) is 11.2 Å². The number of aliphatic hydroxyl groups excluding tert-OH is 1. The van der Waals surface area contributed by atoms with Crippen molar-refractivity contribution in [3.63, 3.8) is 0 Å². The van der Waals surface area contributed by atoms with Gasteiger partial charge in [0, 0.05) is 11.8 Å². The molecule has 19 heteroatoms. The van der Waals surface area contributed by atoms with Gasteiger partial charge in [-0.1, -0.05) is 0 Å². The van der Waals surface area contributed by atoms with Crippen LogP contribution in [0.5, 0.6) is 23.0 Å². The first-order valence-corrected chi connectivity index (χ1v) is 15.0. The molecule has 3 atom stereocenters. The molecule has 1 aliphatic heterocycles. The lowest BCUT2D eigenvalue weighted by molar-refractivity contribution is -0.191. The quantitative estimate of drug-likeness (QED) is 0.158. The molecule has 1 saturated heterocycles. The Labute approximate surface area is 250 Å². The zero-order valence-corrected chi connectivity index (χ0v) is 24.4. The van der Waals surface area contributed by atoms with Gasteiger partial charge in [0.05, 0.1) is 27.2 Å². The molecule has 2 aromatic heterocycles. The highest BCUT2D eigenvalue weighted by Crippen LogP contribution is 2.55. The summed E-state index contributed by atoms with van der Waals surface area (Å²) in [6.45, 7) is -5.57. The zero-order valence-electron chi connectivity index (χ0n) is 22.7. The number of nitrogens with one attached hydrogen (secondary N) is 1. The Bertz CT molecular complexity index is 1690. The number of imidazole rings is 1. The molecule has 1 fully saturated rings. The van der Waals surface area contributed by atoms with Gasteiger partial charge in [-0.3, -0.25) is 18.9 Å². The monoisotopic (exact) mass is 661 g/mol. The van der Waals surface area contributed by atoms with Gasteiger partial charge >= 0.3 is 12.6 Å². The number of H-pyrrole nitrogens is 1. The summed E-state index contributed by atoms with van der Waals surface area (Å²) in [7, 11) is 2.87. The molecule has 4 aromatic rings.